The quantitative estimate of drug-likeness (QED) is 0.853. The number of alkyl halides is 2. The lowest BCUT2D eigenvalue weighted by Crippen LogP contribution is -2.36. The first-order chi connectivity index (χ1) is 11.0. The van der Waals surface area contributed by atoms with Crippen molar-refractivity contribution in [3.8, 4) is 0 Å². The number of piperidine rings is 1. The Morgan fingerprint density at radius 2 is 2.13 bits per heavy atom. The summed E-state index contributed by atoms with van der Waals surface area (Å²) in [5, 5.41) is 3.77. The lowest BCUT2D eigenvalue weighted by Gasteiger charge is -2.30. The predicted octanol–water partition coefficient (Wildman–Crippen LogP) is 1.79. The molecule has 0 radical (unpaired) electrons. The van der Waals surface area contributed by atoms with E-state index < -0.39 is 17.7 Å². The summed E-state index contributed by atoms with van der Waals surface area (Å²) in [6, 6.07) is 1.42. The van der Waals surface area contributed by atoms with Crippen LogP contribution in [0, 0.1) is 12.8 Å². The SMILES string of the molecule is Cc1noc(N2CCC(Cn3cnc(C(F)F)cc3=O)CC2)n1. The highest BCUT2D eigenvalue weighted by atomic mass is 19.3. The zero-order valence-electron chi connectivity index (χ0n) is 12.7. The van der Waals surface area contributed by atoms with Crippen LogP contribution in [0.1, 0.15) is 30.8 Å². The number of hydrogen-bond donors (Lipinski definition) is 0. The van der Waals surface area contributed by atoms with E-state index in [-0.39, 0.29) is 5.92 Å². The van der Waals surface area contributed by atoms with E-state index in [1.54, 1.807) is 6.92 Å². The number of hydrogen-bond acceptors (Lipinski definition) is 6. The molecule has 0 bridgehead atoms. The third-order valence-electron chi connectivity index (χ3n) is 3.98. The molecule has 124 valence electrons. The van der Waals surface area contributed by atoms with Gasteiger partial charge in [-0.1, -0.05) is 5.16 Å². The van der Waals surface area contributed by atoms with Crippen molar-refractivity contribution in [2.24, 2.45) is 5.92 Å². The van der Waals surface area contributed by atoms with Crippen LogP contribution in [0.4, 0.5) is 14.8 Å². The van der Waals surface area contributed by atoms with Gasteiger partial charge >= 0.3 is 6.01 Å². The molecule has 0 N–H and O–H groups in total. The summed E-state index contributed by atoms with van der Waals surface area (Å²) in [6.45, 7) is 3.75. The fourth-order valence-electron chi connectivity index (χ4n) is 2.70. The minimum Gasteiger partial charge on any atom is -0.324 e. The molecule has 0 atom stereocenters. The average Bonchev–Trinajstić information content (AvgIpc) is 2.96. The first kappa shape index (κ1) is 15.6. The van der Waals surface area contributed by atoms with Crippen LogP contribution >= 0.6 is 0 Å². The molecule has 0 spiro atoms. The van der Waals surface area contributed by atoms with Gasteiger partial charge in [0, 0.05) is 25.7 Å². The number of rotatable bonds is 4. The molecule has 3 rings (SSSR count). The second kappa shape index (κ2) is 6.43. The maximum absolute atomic E-state index is 12.5. The molecule has 1 aliphatic heterocycles. The van der Waals surface area contributed by atoms with Gasteiger partial charge in [0.25, 0.3) is 12.0 Å². The summed E-state index contributed by atoms with van der Waals surface area (Å²) >= 11 is 0. The van der Waals surface area contributed by atoms with E-state index in [1.807, 2.05) is 4.90 Å². The van der Waals surface area contributed by atoms with Crippen LogP contribution < -0.4 is 10.5 Å². The topological polar surface area (TPSA) is 77.0 Å². The summed E-state index contributed by atoms with van der Waals surface area (Å²) in [5.41, 5.74) is -0.918. The van der Waals surface area contributed by atoms with Crippen molar-refractivity contribution < 1.29 is 13.3 Å². The van der Waals surface area contributed by atoms with Crippen LogP contribution in [0.5, 0.6) is 0 Å². The molecule has 1 aliphatic rings. The van der Waals surface area contributed by atoms with Crippen LogP contribution in [0.3, 0.4) is 0 Å². The normalized spacial score (nSPS) is 16.3. The van der Waals surface area contributed by atoms with E-state index in [0.29, 0.717) is 18.4 Å². The maximum Gasteiger partial charge on any atom is 0.324 e. The van der Waals surface area contributed by atoms with E-state index in [2.05, 4.69) is 15.1 Å². The van der Waals surface area contributed by atoms with Gasteiger partial charge in [0.2, 0.25) is 0 Å². The number of aryl methyl sites for hydroxylation is 1. The van der Waals surface area contributed by atoms with Gasteiger partial charge in [-0.25, -0.2) is 13.8 Å². The summed E-state index contributed by atoms with van der Waals surface area (Å²) in [6.07, 6.45) is 0.186. The Morgan fingerprint density at radius 1 is 1.39 bits per heavy atom. The van der Waals surface area contributed by atoms with Crippen molar-refractivity contribution >= 4 is 6.01 Å². The fourth-order valence-corrected chi connectivity index (χ4v) is 2.70. The Hall–Kier alpha value is -2.32. The monoisotopic (exact) mass is 325 g/mol. The van der Waals surface area contributed by atoms with Crippen LogP contribution in [0.2, 0.25) is 0 Å². The third kappa shape index (κ3) is 3.54. The largest absolute Gasteiger partial charge is 0.324 e. The van der Waals surface area contributed by atoms with Crippen LogP contribution in [0.15, 0.2) is 21.7 Å². The van der Waals surface area contributed by atoms with Crippen molar-refractivity contribution in [2.75, 3.05) is 18.0 Å². The predicted molar refractivity (Wildman–Crippen MR) is 77.4 cm³/mol. The third-order valence-corrected chi connectivity index (χ3v) is 3.98. The second-order valence-electron chi connectivity index (χ2n) is 5.66. The highest BCUT2D eigenvalue weighted by Crippen LogP contribution is 2.23. The van der Waals surface area contributed by atoms with Gasteiger partial charge < -0.3 is 9.42 Å². The molecule has 0 amide bonds. The smallest absolute Gasteiger partial charge is 0.324 e. The summed E-state index contributed by atoms with van der Waals surface area (Å²) in [4.78, 5) is 21.7. The van der Waals surface area contributed by atoms with Crippen LogP contribution in [0.25, 0.3) is 0 Å². The molecule has 2 aromatic rings. The standard InChI is InChI=1S/C14H17F2N5O2/c1-9-18-14(23-19-9)20-4-2-10(3-5-20)7-21-8-17-11(13(15)16)6-12(21)22/h6,8,10,13H,2-5,7H2,1H3. The van der Waals surface area contributed by atoms with Crippen molar-refractivity contribution in [3.63, 3.8) is 0 Å². The zero-order chi connectivity index (χ0) is 16.4. The van der Waals surface area contributed by atoms with Gasteiger partial charge in [-0.05, 0) is 25.7 Å². The molecule has 0 saturated carbocycles. The van der Waals surface area contributed by atoms with E-state index in [4.69, 9.17) is 4.52 Å². The lowest BCUT2D eigenvalue weighted by atomic mass is 9.97. The van der Waals surface area contributed by atoms with Crippen molar-refractivity contribution in [1.29, 1.82) is 0 Å². The molecule has 2 aromatic heterocycles. The first-order valence-electron chi connectivity index (χ1n) is 7.42. The van der Waals surface area contributed by atoms with Crippen LogP contribution in [-0.4, -0.2) is 32.8 Å². The molecule has 7 nitrogen and oxygen atoms in total. The van der Waals surface area contributed by atoms with Gasteiger partial charge in [-0.15, -0.1) is 0 Å². The van der Waals surface area contributed by atoms with E-state index in [0.717, 1.165) is 32.0 Å². The molecular formula is C14H17F2N5O2. The molecule has 3 heterocycles. The van der Waals surface area contributed by atoms with Crippen molar-refractivity contribution in [1.82, 2.24) is 19.7 Å². The minimum atomic E-state index is -2.72. The lowest BCUT2D eigenvalue weighted by molar-refractivity contribution is 0.145. The molecule has 0 aliphatic carbocycles. The molecule has 0 unspecified atom stereocenters. The molecule has 0 aromatic carbocycles. The van der Waals surface area contributed by atoms with Crippen LogP contribution in [-0.2, 0) is 6.54 Å². The summed E-state index contributed by atoms with van der Waals surface area (Å²) < 4.78 is 31.5. The van der Waals surface area contributed by atoms with Crippen molar-refractivity contribution in [3.05, 3.63) is 34.3 Å². The highest BCUT2D eigenvalue weighted by molar-refractivity contribution is 5.25. The van der Waals surface area contributed by atoms with Gasteiger partial charge in [0.1, 0.15) is 5.69 Å². The van der Waals surface area contributed by atoms with Gasteiger partial charge in [0.15, 0.2) is 5.82 Å². The van der Waals surface area contributed by atoms with Crippen molar-refractivity contribution in [2.45, 2.75) is 32.7 Å². The van der Waals surface area contributed by atoms with E-state index >= 15 is 0 Å². The summed E-state index contributed by atoms with van der Waals surface area (Å²) in [7, 11) is 0. The Labute approximate surface area is 130 Å². The molecule has 1 saturated heterocycles. The van der Waals surface area contributed by atoms with E-state index in [9.17, 15) is 13.6 Å². The molecule has 23 heavy (non-hydrogen) atoms. The Morgan fingerprint density at radius 3 is 2.70 bits per heavy atom. The second-order valence-corrected chi connectivity index (χ2v) is 5.66. The first-order valence-corrected chi connectivity index (χ1v) is 7.42. The fraction of sp³-hybridized carbons (Fsp3) is 0.571. The Bertz CT molecular complexity index is 722. The summed E-state index contributed by atoms with van der Waals surface area (Å²) in [5.74, 6) is 0.881. The number of halogens is 2. The Balaban J connectivity index is 1.59. The van der Waals surface area contributed by atoms with Gasteiger partial charge in [-0.3, -0.25) is 9.36 Å². The zero-order valence-corrected chi connectivity index (χ0v) is 12.7. The number of nitrogens with zero attached hydrogens (tertiary/aromatic N) is 5. The minimum absolute atomic E-state index is 0.284. The molecule has 1 fully saturated rings. The maximum atomic E-state index is 12.5. The van der Waals surface area contributed by atoms with E-state index in [1.165, 1.54) is 10.9 Å². The average molecular weight is 325 g/mol. The number of anilines is 1. The highest BCUT2D eigenvalue weighted by Gasteiger charge is 2.23. The molecule has 9 heteroatoms. The van der Waals surface area contributed by atoms with Gasteiger partial charge in [-0.2, -0.15) is 4.98 Å². The van der Waals surface area contributed by atoms with Gasteiger partial charge in [0.05, 0.1) is 6.33 Å². The molecular weight excluding hydrogens is 308 g/mol. The number of aromatic nitrogens is 4. The Kier molecular flexibility index (Phi) is 4.35.